The minimum Gasteiger partial charge on any atom is -0.467 e. The molecule has 1 N–H and O–H groups in total. The van der Waals surface area contributed by atoms with Gasteiger partial charge in [-0.25, -0.2) is 0 Å². The Balaban J connectivity index is 1.88. The summed E-state index contributed by atoms with van der Waals surface area (Å²) in [5.74, 6) is 0.836. The lowest BCUT2D eigenvalue weighted by Gasteiger charge is -2.09. The molecule has 0 aliphatic carbocycles. The van der Waals surface area contributed by atoms with Crippen molar-refractivity contribution in [2.45, 2.75) is 19.4 Å². The second kappa shape index (κ2) is 5.19. The molecule has 1 aromatic heterocycles. The molecule has 0 saturated heterocycles. The Morgan fingerprint density at radius 3 is 3.11 bits per heavy atom. The topological polar surface area (TPSA) is 30.5 Å². The van der Waals surface area contributed by atoms with Crippen molar-refractivity contribution in [3.63, 3.8) is 0 Å². The van der Waals surface area contributed by atoms with E-state index in [2.05, 4.69) is 5.32 Å². The molecule has 5 heteroatoms. The van der Waals surface area contributed by atoms with E-state index in [9.17, 15) is 0 Å². The van der Waals surface area contributed by atoms with E-state index in [1.165, 1.54) is 0 Å². The molecule has 2 aromatic rings. The zero-order valence-electron chi connectivity index (χ0n) is 10.4. The number of fused-ring (bicyclic) bond motifs is 1. The maximum Gasteiger partial charge on any atom is 0.261 e. The van der Waals surface area contributed by atoms with E-state index in [0.717, 1.165) is 28.5 Å². The van der Waals surface area contributed by atoms with E-state index < -0.39 is 0 Å². The molecule has 1 aromatic carbocycles. The molecule has 0 fully saturated rings. The predicted octanol–water partition coefficient (Wildman–Crippen LogP) is 4.20. The van der Waals surface area contributed by atoms with Gasteiger partial charge in [0, 0.05) is 12.1 Å². The number of nitrogens with one attached hydrogen (secondary N) is 1. The van der Waals surface area contributed by atoms with Gasteiger partial charge in [-0.05, 0) is 60.4 Å². The minimum atomic E-state index is 0.0678. The molecule has 3 rings (SSSR count). The number of thiocarbonyl (C=S) groups is 1. The maximum atomic E-state index is 5.80. The number of hydrogen-bond donors (Lipinski definition) is 1. The van der Waals surface area contributed by atoms with Gasteiger partial charge in [0.2, 0.25) is 0 Å². The van der Waals surface area contributed by atoms with Gasteiger partial charge in [-0.1, -0.05) is 0 Å². The van der Waals surface area contributed by atoms with E-state index in [1.807, 2.05) is 42.6 Å². The second-order valence-corrected chi connectivity index (χ2v) is 5.68. The summed E-state index contributed by atoms with van der Waals surface area (Å²) in [6.07, 6.45) is 0.877. The highest BCUT2D eigenvalue weighted by molar-refractivity contribution is 7.80. The van der Waals surface area contributed by atoms with Crippen LogP contribution in [-0.2, 0) is 11.2 Å². The Morgan fingerprint density at radius 1 is 1.42 bits per heavy atom. The SMILES string of the molecule is CC1Cc2cc(Oc3cccs3)ccc2NC(=S)O1. The summed E-state index contributed by atoms with van der Waals surface area (Å²) in [4.78, 5) is 0. The van der Waals surface area contributed by atoms with Gasteiger partial charge in [0.05, 0.1) is 0 Å². The first-order valence-electron chi connectivity index (χ1n) is 6.02. The van der Waals surface area contributed by atoms with Gasteiger partial charge < -0.3 is 14.8 Å². The molecule has 19 heavy (non-hydrogen) atoms. The van der Waals surface area contributed by atoms with Crippen LogP contribution in [0.25, 0.3) is 0 Å². The largest absolute Gasteiger partial charge is 0.467 e. The molecule has 0 spiro atoms. The van der Waals surface area contributed by atoms with Crippen LogP contribution in [0, 0.1) is 0 Å². The molecule has 0 saturated carbocycles. The van der Waals surface area contributed by atoms with E-state index in [0.29, 0.717) is 5.17 Å². The van der Waals surface area contributed by atoms with Crippen molar-refractivity contribution in [1.82, 2.24) is 0 Å². The number of benzene rings is 1. The van der Waals surface area contributed by atoms with Crippen molar-refractivity contribution in [2.24, 2.45) is 0 Å². The van der Waals surface area contributed by atoms with Crippen LogP contribution in [0.1, 0.15) is 12.5 Å². The molecule has 2 heterocycles. The average molecular weight is 291 g/mol. The summed E-state index contributed by atoms with van der Waals surface area (Å²) < 4.78 is 11.3. The van der Waals surface area contributed by atoms with Gasteiger partial charge in [-0.15, -0.1) is 11.3 Å². The number of ether oxygens (including phenoxy) is 2. The first-order chi connectivity index (χ1) is 9.20. The Labute approximate surface area is 121 Å². The Bertz CT molecular complexity index is 595. The Morgan fingerprint density at radius 2 is 2.32 bits per heavy atom. The lowest BCUT2D eigenvalue weighted by Crippen LogP contribution is -2.16. The molecule has 3 nitrogen and oxygen atoms in total. The molecule has 98 valence electrons. The van der Waals surface area contributed by atoms with Crippen molar-refractivity contribution < 1.29 is 9.47 Å². The van der Waals surface area contributed by atoms with E-state index in [4.69, 9.17) is 21.7 Å². The predicted molar refractivity (Wildman–Crippen MR) is 81.3 cm³/mol. The molecule has 0 amide bonds. The summed E-state index contributed by atoms with van der Waals surface area (Å²) >= 11 is 6.69. The van der Waals surface area contributed by atoms with Gasteiger partial charge in [0.25, 0.3) is 5.17 Å². The van der Waals surface area contributed by atoms with Crippen molar-refractivity contribution in [3.05, 3.63) is 41.3 Å². The quantitative estimate of drug-likeness (QED) is 0.840. The molecule has 0 radical (unpaired) electrons. The van der Waals surface area contributed by atoms with Crippen LogP contribution in [0.2, 0.25) is 0 Å². The summed E-state index contributed by atoms with van der Waals surface area (Å²) in [7, 11) is 0. The van der Waals surface area contributed by atoms with E-state index in [1.54, 1.807) is 11.3 Å². The molecule has 1 aliphatic heterocycles. The highest BCUT2D eigenvalue weighted by atomic mass is 32.1. The summed E-state index contributed by atoms with van der Waals surface area (Å²) in [6, 6.07) is 9.88. The van der Waals surface area contributed by atoms with Gasteiger partial charge in [0.1, 0.15) is 11.9 Å². The lowest BCUT2D eigenvalue weighted by atomic mass is 10.1. The molecular formula is C14H13NO2S2. The highest BCUT2D eigenvalue weighted by Crippen LogP contribution is 2.31. The fourth-order valence-corrected chi connectivity index (χ4v) is 2.90. The van der Waals surface area contributed by atoms with E-state index in [-0.39, 0.29) is 6.10 Å². The summed E-state index contributed by atoms with van der Waals surface area (Å²) in [6.45, 7) is 2.01. The van der Waals surface area contributed by atoms with Crippen LogP contribution in [0.15, 0.2) is 35.7 Å². The monoisotopic (exact) mass is 291 g/mol. The third-order valence-corrected chi connectivity index (χ3v) is 3.79. The fourth-order valence-electron chi connectivity index (χ4n) is 2.04. The van der Waals surface area contributed by atoms with Gasteiger partial charge in [-0.2, -0.15) is 0 Å². The number of rotatable bonds is 2. The second-order valence-electron chi connectivity index (χ2n) is 4.40. The average Bonchev–Trinajstić information content (AvgIpc) is 2.79. The first kappa shape index (κ1) is 12.4. The van der Waals surface area contributed by atoms with E-state index >= 15 is 0 Å². The molecule has 1 aliphatic rings. The maximum absolute atomic E-state index is 5.80. The summed E-state index contributed by atoms with van der Waals surface area (Å²) in [5, 5.41) is 6.41. The van der Waals surface area contributed by atoms with Crippen LogP contribution in [0.3, 0.4) is 0 Å². The zero-order valence-corrected chi connectivity index (χ0v) is 12.0. The first-order valence-corrected chi connectivity index (χ1v) is 7.31. The standard InChI is InChI=1S/C14H13NO2S2/c1-9-7-10-8-11(17-13-3-2-6-19-13)4-5-12(10)15-14(18)16-9/h2-6,8-9H,7H2,1H3,(H,15,18). The van der Waals surface area contributed by atoms with Gasteiger partial charge in [0.15, 0.2) is 5.06 Å². The van der Waals surface area contributed by atoms with Gasteiger partial charge in [-0.3, -0.25) is 0 Å². The summed E-state index contributed by atoms with van der Waals surface area (Å²) in [5.41, 5.74) is 2.15. The number of thiophene rings is 1. The minimum absolute atomic E-state index is 0.0678. The fraction of sp³-hybridized carbons (Fsp3) is 0.214. The van der Waals surface area contributed by atoms with Crippen LogP contribution in [0.5, 0.6) is 10.8 Å². The highest BCUT2D eigenvalue weighted by Gasteiger charge is 2.17. The Kier molecular flexibility index (Phi) is 3.40. The number of anilines is 1. The van der Waals surface area contributed by atoms with Crippen LogP contribution in [0.4, 0.5) is 5.69 Å². The van der Waals surface area contributed by atoms with Crippen molar-refractivity contribution in [1.29, 1.82) is 0 Å². The third-order valence-electron chi connectivity index (χ3n) is 2.84. The van der Waals surface area contributed by atoms with Crippen molar-refractivity contribution in [2.75, 3.05) is 5.32 Å². The third kappa shape index (κ3) is 2.88. The molecule has 1 atom stereocenters. The normalized spacial score (nSPS) is 17.9. The Hall–Kier alpha value is -1.59. The molecule has 0 bridgehead atoms. The zero-order chi connectivity index (χ0) is 13.2. The van der Waals surface area contributed by atoms with Crippen LogP contribution >= 0.6 is 23.6 Å². The number of hydrogen-bond acceptors (Lipinski definition) is 4. The lowest BCUT2D eigenvalue weighted by molar-refractivity contribution is 0.217. The molecular weight excluding hydrogens is 278 g/mol. The van der Waals surface area contributed by atoms with Crippen LogP contribution in [-0.4, -0.2) is 11.3 Å². The molecule has 1 unspecified atom stereocenters. The van der Waals surface area contributed by atoms with Crippen molar-refractivity contribution >= 4 is 34.4 Å². The van der Waals surface area contributed by atoms with Crippen molar-refractivity contribution in [3.8, 4) is 10.8 Å². The van der Waals surface area contributed by atoms with Gasteiger partial charge >= 0.3 is 0 Å². The smallest absolute Gasteiger partial charge is 0.261 e. The van der Waals surface area contributed by atoms with Crippen LogP contribution < -0.4 is 10.1 Å².